The standard InChI is InChI=1S/C19H21N3O2S/c1-3-11-22-18(21-13-15-5-4-10-20-12-15)25-14-19(22,23)16-6-8-17(24-2)9-7-16/h3-10,12,23H,1,11,13-14H2,2H3. The first-order valence-corrected chi connectivity index (χ1v) is 8.97. The quantitative estimate of drug-likeness (QED) is 0.807. The van der Waals surface area contributed by atoms with Gasteiger partial charge in [0, 0.05) is 24.5 Å². The third kappa shape index (κ3) is 3.70. The molecule has 1 aromatic heterocycles. The van der Waals surface area contributed by atoms with E-state index in [0.717, 1.165) is 22.0 Å². The van der Waals surface area contributed by atoms with Crippen LogP contribution in [0, 0.1) is 0 Å². The molecule has 1 aliphatic rings. The first-order chi connectivity index (χ1) is 12.2. The Morgan fingerprint density at radius 1 is 1.40 bits per heavy atom. The number of nitrogens with zero attached hydrogens (tertiary/aromatic N) is 3. The zero-order chi connectivity index (χ0) is 17.7. The topological polar surface area (TPSA) is 58.0 Å². The van der Waals surface area contributed by atoms with Gasteiger partial charge in [0.2, 0.25) is 0 Å². The van der Waals surface area contributed by atoms with E-state index in [1.165, 1.54) is 0 Å². The SMILES string of the molecule is C=CCN1C(=NCc2cccnc2)SCC1(O)c1ccc(OC)cc1. The second-order valence-corrected chi connectivity index (χ2v) is 6.64. The van der Waals surface area contributed by atoms with Crippen molar-refractivity contribution in [1.29, 1.82) is 0 Å². The molecule has 1 N–H and O–H groups in total. The molecular formula is C19H21N3O2S. The van der Waals surface area contributed by atoms with Crippen molar-refractivity contribution in [2.24, 2.45) is 4.99 Å². The van der Waals surface area contributed by atoms with Gasteiger partial charge in [-0.3, -0.25) is 9.98 Å². The number of aromatic nitrogens is 1. The van der Waals surface area contributed by atoms with Crippen molar-refractivity contribution in [2.45, 2.75) is 12.3 Å². The maximum Gasteiger partial charge on any atom is 0.175 e. The van der Waals surface area contributed by atoms with Crippen LogP contribution in [0.2, 0.25) is 0 Å². The Morgan fingerprint density at radius 3 is 2.84 bits per heavy atom. The van der Waals surface area contributed by atoms with Gasteiger partial charge in [-0.15, -0.1) is 6.58 Å². The molecule has 1 unspecified atom stereocenters. The number of amidine groups is 1. The van der Waals surface area contributed by atoms with Gasteiger partial charge in [-0.25, -0.2) is 0 Å². The first-order valence-electron chi connectivity index (χ1n) is 7.99. The fourth-order valence-corrected chi connectivity index (χ4v) is 3.91. The Bertz CT molecular complexity index is 749. The van der Waals surface area contributed by atoms with E-state index in [0.29, 0.717) is 18.8 Å². The molecule has 2 aromatic rings. The number of rotatable bonds is 6. The highest BCUT2D eigenvalue weighted by Gasteiger charge is 2.44. The van der Waals surface area contributed by atoms with Gasteiger partial charge in [-0.1, -0.05) is 36.0 Å². The van der Waals surface area contributed by atoms with Crippen LogP contribution in [-0.2, 0) is 12.3 Å². The highest BCUT2D eigenvalue weighted by Crippen LogP contribution is 2.39. The third-order valence-corrected chi connectivity index (χ3v) is 5.22. The first kappa shape index (κ1) is 17.5. The van der Waals surface area contributed by atoms with Crippen LogP contribution in [0.3, 0.4) is 0 Å². The number of thioether (sulfide) groups is 1. The molecular weight excluding hydrogens is 334 g/mol. The van der Waals surface area contributed by atoms with Gasteiger partial charge in [-0.2, -0.15) is 0 Å². The zero-order valence-corrected chi connectivity index (χ0v) is 14.9. The summed E-state index contributed by atoms with van der Waals surface area (Å²) in [7, 11) is 1.63. The summed E-state index contributed by atoms with van der Waals surface area (Å²) in [6.45, 7) is 4.86. The van der Waals surface area contributed by atoms with Crippen LogP contribution in [0.15, 0.2) is 66.4 Å². The predicted octanol–water partition coefficient (Wildman–Crippen LogP) is 3.03. The van der Waals surface area contributed by atoms with Gasteiger partial charge in [0.25, 0.3) is 0 Å². The molecule has 1 saturated heterocycles. The van der Waals surface area contributed by atoms with E-state index in [9.17, 15) is 5.11 Å². The molecule has 3 rings (SSSR count). The number of methoxy groups -OCH3 is 1. The van der Waals surface area contributed by atoms with Gasteiger partial charge < -0.3 is 14.7 Å². The number of benzene rings is 1. The predicted molar refractivity (Wildman–Crippen MR) is 102 cm³/mol. The summed E-state index contributed by atoms with van der Waals surface area (Å²) in [6, 6.07) is 11.4. The van der Waals surface area contributed by atoms with E-state index < -0.39 is 5.72 Å². The van der Waals surface area contributed by atoms with E-state index in [-0.39, 0.29) is 0 Å². The zero-order valence-electron chi connectivity index (χ0n) is 14.1. The number of ether oxygens (including phenoxy) is 1. The third-order valence-electron chi connectivity index (χ3n) is 4.06. The molecule has 0 radical (unpaired) electrons. The van der Waals surface area contributed by atoms with Gasteiger partial charge in [0.15, 0.2) is 10.9 Å². The van der Waals surface area contributed by atoms with Crippen molar-refractivity contribution in [3.05, 3.63) is 72.6 Å². The largest absolute Gasteiger partial charge is 0.497 e. The molecule has 1 aromatic carbocycles. The molecule has 1 aliphatic heterocycles. The van der Waals surface area contributed by atoms with Gasteiger partial charge in [-0.05, 0) is 23.8 Å². The van der Waals surface area contributed by atoms with Crippen LogP contribution < -0.4 is 4.74 Å². The molecule has 0 saturated carbocycles. The molecule has 0 bridgehead atoms. The van der Waals surface area contributed by atoms with Crippen LogP contribution in [0.5, 0.6) is 5.75 Å². The maximum absolute atomic E-state index is 11.3. The van der Waals surface area contributed by atoms with Crippen molar-refractivity contribution < 1.29 is 9.84 Å². The lowest BCUT2D eigenvalue weighted by atomic mass is 10.0. The summed E-state index contributed by atoms with van der Waals surface area (Å²) in [6.07, 6.45) is 5.32. The average molecular weight is 355 g/mol. The second-order valence-electron chi connectivity index (χ2n) is 5.69. The van der Waals surface area contributed by atoms with Crippen molar-refractivity contribution in [2.75, 3.05) is 19.4 Å². The van der Waals surface area contributed by atoms with Gasteiger partial charge in [0.05, 0.1) is 19.4 Å². The van der Waals surface area contributed by atoms with E-state index in [1.54, 1.807) is 37.3 Å². The minimum atomic E-state index is -1.11. The van der Waals surface area contributed by atoms with Crippen LogP contribution in [-0.4, -0.2) is 39.6 Å². The number of hydrogen-bond donors (Lipinski definition) is 1. The summed E-state index contributed by atoms with van der Waals surface area (Å²) in [5.41, 5.74) is 0.738. The molecule has 0 aliphatic carbocycles. The molecule has 1 fully saturated rings. The molecule has 25 heavy (non-hydrogen) atoms. The van der Waals surface area contributed by atoms with E-state index in [1.807, 2.05) is 41.3 Å². The average Bonchev–Trinajstić information content (AvgIpc) is 2.98. The number of aliphatic hydroxyl groups is 1. The van der Waals surface area contributed by atoms with Gasteiger partial charge in [0.1, 0.15) is 5.75 Å². The van der Waals surface area contributed by atoms with E-state index in [2.05, 4.69) is 16.6 Å². The Balaban J connectivity index is 1.86. The van der Waals surface area contributed by atoms with Gasteiger partial charge >= 0.3 is 0 Å². The van der Waals surface area contributed by atoms with Crippen molar-refractivity contribution in [1.82, 2.24) is 9.88 Å². The van der Waals surface area contributed by atoms with Crippen LogP contribution in [0.1, 0.15) is 11.1 Å². The minimum Gasteiger partial charge on any atom is -0.497 e. The number of pyridine rings is 1. The fraction of sp³-hybridized carbons (Fsp3) is 0.263. The Hall–Kier alpha value is -2.31. The highest BCUT2D eigenvalue weighted by molar-refractivity contribution is 8.14. The fourth-order valence-electron chi connectivity index (χ4n) is 2.72. The Morgan fingerprint density at radius 2 is 2.20 bits per heavy atom. The normalized spacial score (nSPS) is 21.5. The number of hydrogen-bond acceptors (Lipinski definition) is 5. The van der Waals surface area contributed by atoms with Crippen LogP contribution >= 0.6 is 11.8 Å². The van der Waals surface area contributed by atoms with Crippen molar-refractivity contribution in [3.63, 3.8) is 0 Å². The molecule has 6 heteroatoms. The highest BCUT2D eigenvalue weighted by atomic mass is 32.2. The summed E-state index contributed by atoms with van der Waals surface area (Å²) in [5, 5.41) is 12.1. The summed E-state index contributed by atoms with van der Waals surface area (Å²) >= 11 is 1.55. The van der Waals surface area contributed by atoms with E-state index in [4.69, 9.17) is 4.74 Å². The summed E-state index contributed by atoms with van der Waals surface area (Å²) in [4.78, 5) is 10.7. The monoisotopic (exact) mass is 355 g/mol. The lowest BCUT2D eigenvalue weighted by molar-refractivity contribution is -0.0423. The summed E-state index contributed by atoms with van der Waals surface area (Å²) < 4.78 is 5.20. The Labute approximate surface area is 152 Å². The number of aliphatic imine (C=N–C) groups is 1. The smallest absolute Gasteiger partial charge is 0.175 e. The van der Waals surface area contributed by atoms with Crippen LogP contribution in [0.25, 0.3) is 0 Å². The molecule has 1 atom stereocenters. The molecule has 5 nitrogen and oxygen atoms in total. The maximum atomic E-state index is 11.3. The van der Waals surface area contributed by atoms with E-state index >= 15 is 0 Å². The molecule has 2 heterocycles. The van der Waals surface area contributed by atoms with Crippen molar-refractivity contribution in [3.8, 4) is 5.75 Å². The Kier molecular flexibility index (Phi) is 5.40. The molecule has 0 spiro atoms. The second kappa shape index (κ2) is 7.72. The lowest BCUT2D eigenvalue weighted by Gasteiger charge is -2.34. The summed E-state index contributed by atoms with van der Waals surface area (Å²) in [5.74, 6) is 1.28. The van der Waals surface area contributed by atoms with Crippen LogP contribution in [0.4, 0.5) is 0 Å². The molecule has 130 valence electrons. The molecule has 0 amide bonds. The van der Waals surface area contributed by atoms with Crippen molar-refractivity contribution >= 4 is 16.9 Å². The lowest BCUT2D eigenvalue weighted by Crippen LogP contribution is -2.45. The minimum absolute atomic E-state index is 0.513.